The van der Waals surface area contributed by atoms with Gasteiger partial charge in [-0.25, -0.2) is 15.0 Å². The molecule has 0 aromatic carbocycles. The first kappa shape index (κ1) is 16.9. The highest BCUT2D eigenvalue weighted by molar-refractivity contribution is 7.09. The van der Waals surface area contributed by atoms with Gasteiger partial charge in [0.15, 0.2) is 0 Å². The van der Waals surface area contributed by atoms with E-state index in [9.17, 15) is 4.79 Å². The van der Waals surface area contributed by atoms with Crippen molar-refractivity contribution in [3.63, 3.8) is 0 Å². The van der Waals surface area contributed by atoms with Crippen LogP contribution in [0, 0.1) is 6.92 Å². The first-order valence-electron chi connectivity index (χ1n) is 8.56. The molecule has 3 aromatic rings. The van der Waals surface area contributed by atoms with Crippen molar-refractivity contribution in [3.8, 4) is 5.82 Å². The maximum Gasteiger partial charge on any atom is 0.255 e. The number of hydrogen-bond acceptors (Lipinski definition) is 6. The van der Waals surface area contributed by atoms with Gasteiger partial charge in [0, 0.05) is 56.7 Å². The molecule has 0 atom stereocenters. The zero-order valence-electron chi connectivity index (χ0n) is 14.6. The fourth-order valence-electron chi connectivity index (χ4n) is 3.06. The average Bonchev–Trinajstić information content (AvgIpc) is 3.34. The zero-order valence-corrected chi connectivity index (χ0v) is 15.4. The number of amides is 1. The highest BCUT2D eigenvalue weighted by atomic mass is 32.1. The molecule has 1 aliphatic rings. The number of aryl methyl sites for hydroxylation is 1. The fraction of sp³-hybridized carbons (Fsp3) is 0.333. The monoisotopic (exact) mass is 368 g/mol. The molecule has 0 saturated carbocycles. The molecule has 1 aliphatic heterocycles. The standard InChI is InChI=1S/C18H20N6OS/c1-14-21-16(12-26-14)11-22-6-8-23(9-7-22)18(25)15-2-3-17(20-10-15)24-5-4-19-13-24/h2-5,10,12-13H,6-9,11H2,1H3. The molecule has 4 rings (SSSR count). The van der Waals surface area contributed by atoms with Gasteiger partial charge < -0.3 is 4.90 Å². The Labute approximate surface area is 155 Å². The summed E-state index contributed by atoms with van der Waals surface area (Å²) in [6.45, 7) is 6.06. The third kappa shape index (κ3) is 3.66. The molecule has 7 nitrogen and oxygen atoms in total. The molecule has 0 bridgehead atoms. The van der Waals surface area contributed by atoms with Crippen LogP contribution in [0.1, 0.15) is 21.1 Å². The van der Waals surface area contributed by atoms with Gasteiger partial charge in [-0.3, -0.25) is 14.3 Å². The Hall–Kier alpha value is -2.58. The SMILES string of the molecule is Cc1nc(CN2CCN(C(=O)c3ccc(-n4ccnc4)nc3)CC2)cs1. The van der Waals surface area contributed by atoms with E-state index in [1.807, 2.05) is 34.7 Å². The van der Waals surface area contributed by atoms with Crippen molar-refractivity contribution in [1.29, 1.82) is 0 Å². The van der Waals surface area contributed by atoms with E-state index in [2.05, 4.69) is 25.2 Å². The highest BCUT2D eigenvalue weighted by Crippen LogP contribution is 2.14. The number of thiazole rings is 1. The summed E-state index contributed by atoms with van der Waals surface area (Å²) in [5, 5.41) is 3.21. The highest BCUT2D eigenvalue weighted by Gasteiger charge is 2.22. The van der Waals surface area contributed by atoms with Crippen LogP contribution in [0.4, 0.5) is 0 Å². The van der Waals surface area contributed by atoms with Gasteiger partial charge in [0.05, 0.1) is 16.3 Å². The van der Waals surface area contributed by atoms with E-state index in [0.717, 1.165) is 49.2 Å². The lowest BCUT2D eigenvalue weighted by Gasteiger charge is -2.34. The molecule has 0 spiro atoms. The second kappa shape index (κ2) is 7.35. The predicted octanol–water partition coefficient (Wildman–Crippen LogP) is 1.99. The largest absolute Gasteiger partial charge is 0.336 e. The lowest BCUT2D eigenvalue weighted by Crippen LogP contribution is -2.48. The molecule has 0 radical (unpaired) electrons. The van der Waals surface area contributed by atoms with Crippen molar-refractivity contribution >= 4 is 17.2 Å². The summed E-state index contributed by atoms with van der Waals surface area (Å²) < 4.78 is 1.81. The molecule has 4 heterocycles. The first-order valence-corrected chi connectivity index (χ1v) is 9.44. The lowest BCUT2D eigenvalue weighted by atomic mass is 10.2. The minimum atomic E-state index is 0.0406. The van der Waals surface area contributed by atoms with Gasteiger partial charge in [0.1, 0.15) is 12.1 Å². The third-order valence-corrected chi connectivity index (χ3v) is 5.30. The Kier molecular flexibility index (Phi) is 4.77. The summed E-state index contributed by atoms with van der Waals surface area (Å²) in [5.74, 6) is 0.793. The van der Waals surface area contributed by atoms with Gasteiger partial charge in [-0.1, -0.05) is 0 Å². The molecule has 8 heteroatoms. The van der Waals surface area contributed by atoms with Gasteiger partial charge >= 0.3 is 0 Å². The normalized spacial score (nSPS) is 15.3. The second-order valence-electron chi connectivity index (χ2n) is 6.30. The molecule has 1 saturated heterocycles. The predicted molar refractivity (Wildman–Crippen MR) is 99.4 cm³/mol. The van der Waals surface area contributed by atoms with Crippen molar-refractivity contribution in [3.05, 3.63) is 58.7 Å². The molecule has 26 heavy (non-hydrogen) atoms. The maximum absolute atomic E-state index is 12.7. The summed E-state index contributed by atoms with van der Waals surface area (Å²) in [5.41, 5.74) is 1.74. The van der Waals surface area contributed by atoms with Crippen LogP contribution in [-0.2, 0) is 6.54 Å². The Morgan fingerprint density at radius 1 is 1.23 bits per heavy atom. The molecule has 1 amide bonds. The van der Waals surface area contributed by atoms with E-state index in [4.69, 9.17) is 0 Å². The molecule has 3 aromatic heterocycles. The van der Waals surface area contributed by atoms with Crippen LogP contribution in [0.15, 0.2) is 42.4 Å². The molecular weight excluding hydrogens is 348 g/mol. The lowest BCUT2D eigenvalue weighted by molar-refractivity contribution is 0.0627. The van der Waals surface area contributed by atoms with E-state index in [1.165, 1.54) is 0 Å². The van der Waals surface area contributed by atoms with Crippen molar-refractivity contribution in [2.45, 2.75) is 13.5 Å². The van der Waals surface area contributed by atoms with Crippen LogP contribution >= 0.6 is 11.3 Å². The van der Waals surface area contributed by atoms with Crippen LogP contribution in [0.5, 0.6) is 0 Å². The van der Waals surface area contributed by atoms with E-state index in [-0.39, 0.29) is 5.91 Å². The Morgan fingerprint density at radius 2 is 2.08 bits per heavy atom. The molecule has 0 unspecified atom stereocenters. The Bertz CT molecular complexity index is 865. The van der Waals surface area contributed by atoms with E-state index < -0.39 is 0 Å². The fourth-order valence-corrected chi connectivity index (χ4v) is 3.67. The number of aromatic nitrogens is 4. The number of carbonyl (C=O) groups excluding carboxylic acids is 1. The maximum atomic E-state index is 12.7. The van der Waals surface area contributed by atoms with Crippen molar-refractivity contribution in [2.24, 2.45) is 0 Å². The average molecular weight is 368 g/mol. The Balaban J connectivity index is 1.34. The Morgan fingerprint density at radius 3 is 2.69 bits per heavy atom. The number of carbonyl (C=O) groups is 1. The summed E-state index contributed by atoms with van der Waals surface area (Å²) in [4.78, 5) is 29.8. The number of imidazole rings is 1. The summed E-state index contributed by atoms with van der Waals surface area (Å²) >= 11 is 1.68. The van der Waals surface area contributed by atoms with Crippen LogP contribution in [0.25, 0.3) is 5.82 Å². The summed E-state index contributed by atoms with van der Waals surface area (Å²) in [6, 6.07) is 3.67. The van der Waals surface area contributed by atoms with Gasteiger partial charge in [-0.2, -0.15) is 0 Å². The zero-order chi connectivity index (χ0) is 17.9. The van der Waals surface area contributed by atoms with E-state index in [0.29, 0.717) is 5.56 Å². The summed E-state index contributed by atoms with van der Waals surface area (Å²) in [6.07, 6.45) is 6.86. The molecule has 0 aliphatic carbocycles. The first-order chi connectivity index (χ1) is 12.7. The quantitative estimate of drug-likeness (QED) is 0.705. The van der Waals surface area contributed by atoms with Gasteiger partial charge in [-0.05, 0) is 19.1 Å². The van der Waals surface area contributed by atoms with Crippen LogP contribution < -0.4 is 0 Å². The van der Waals surface area contributed by atoms with Crippen LogP contribution in [0.3, 0.4) is 0 Å². The van der Waals surface area contributed by atoms with Crippen LogP contribution in [0.2, 0.25) is 0 Å². The molecular formula is C18H20N6OS. The van der Waals surface area contributed by atoms with Crippen molar-refractivity contribution < 1.29 is 4.79 Å². The summed E-state index contributed by atoms with van der Waals surface area (Å²) in [7, 11) is 0. The van der Waals surface area contributed by atoms with Crippen molar-refractivity contribution in [1.82, 2.24) is 29.3 Å². The topological polar surface area (TPSA) is 67.2 Å². The number of hydrogen-bond donors (Lipinski definition) is 0. The molecule has 0 N–H and O–H groups in total. The minimum Gasteiger partial charge on any atom is -0.336 e. The van der Waals surface area contributed by atoms with Crippen LogP contribution in [-0.4, -0.2) is 61.4 Å². The smallest absolute Gasteiger partial charge is 0.255 e. The number of nitrogens with zero attached hydrogens (tertiary/aromatic N) is 6. The van der Waals surface area contributed by atoms with Gasteiger partial charge in [-0.15, -0.1) is 11.3 Å². The molecule has 1 fully saturated rings. The number of piperazine rings is 1. The minimum absolute atomic E-state index is 0.0406. The van der Waals surface area contributed by atoms with E-state index in [1.54, 1.807) is 30.1 Å². The second-order valence-corrected chi connectivity index (χ2v) is 7.36. The number of rotatable bonds is 4. The van der Waals surface area contributed by atoms with E-state index >= 15 is 0 Å². The number of pyridine rings is 1. The van der Waals surface area contributed by atoms with Gasteiger partial charge in [0.25, 0.3) is 5.91 Å². The molecule has 134 valence electrons. The van der Waals surface area contributed by atoms with Crippen molar-refractivity contribution in [2.75, 3.05) is 26.2 Å². The van der Waals surface area contributed by atoms with Gasteiger partial charge in [0.2, 0.25) is 0 Å². The third-order valence-electron chi connectivity index (χ3n) is 4.48.